The van der Waals surface area contributed by atoms with Gasteiger partial charge in [-0.05, 0) is 57.9 Å². The summed E-state index contributed by atoms with van der Waals surface area (Å²) in [5, 5.41) is 0.393. The zero-order valence-corrected chi connectivity index (χ0v) is 13.4. The lowest BCUT2D eigenvalue weighted by Crippen LogP contribution is -2.40. The normalized spacial score (nSPS) is 19.8. The van der Waals surface area contributed by atoms with Gasteiger partial charge in [-0.3, -0.25) is 9.69 Å². The fourth-order valence-electron chi connectivity index (χ4n) is 2.52. The van der Waals surface area contributed by atoms with Gasteiger partial charge < -0.3 is 4.74 Å². The molecule has 1 saturated heterocycles. The summed E-state index contributed by atoms with van der Waals surface area (Å²) in [5.74, 6) is -0.549. The summed E-state index contributed by atoms with van der Waals surface area (Å²) >= 11 is 6.06. The highest BCUT2D eigenvalue weighted by molar-refractivity contribution is 6.31. The van der Waals surface area contributed by atoms with Crippen LogP contribution in [0, 0.1) is 5.82 Å². The van der Waals surface area contributed by atoms with Crippen LogP contribution in [0.15, 0.2) is 18.2 Å². The molecule has 1 fully saturated rings. The molecule has 0 N–H and O–H groups in total. The monoisotopic (exact) mass is 313 g/mol. The van der Waals surface area contributed by atoms with Crippen LogP contribution < -0.4 is 0 Å². The Bertz CT molecular complexity index is 527. The van der Waals surface area contributed by atoms with Gasteiger partial charge in [-0.15, -0.1) is 0 Å². The number of benzene rings is 1. The highest BCUT2D eigenvalue weighted by Crippen LogP contribution is 2.26. The van der Waals surface area contributed by atoms with E-state index in [1.54, 1.807) is 6.07 Å². The van der Waals surface area contributed by atoms with Crippen molar-refractivity contribution in [2.45, 2.75) is 51.8 Å². The number of nitrogens with zero attached hydrogens (tertiary/aromatic N) is 1. The summed E-state index contributed by atoms with van der Waals surface area (Å²) in [5.41, 5.74) is 0.340. The van der Waals surface area contributed by atoms with Gasteiger partial charge in [0.05, 0.1) is 0 Å². The Morgan fingerprint density at radius 3 is 2.81 bits per heavy atom. The molecule has 0 amide bonds. The number of rotatable bonds is 3. The molecule has 0 aliphatic carbocycles. The van der Waals surface area contributed by atoms with E-state index in [4.69, 9.17) is 16.3 Å². The predicted octanol–water partition coefficient (Wildman–Crippen LogP) is 3.79. The van der Waals surface area contributed by atoms with Crippen LogP contribution in [0.1, 0.15) is 39.2 Å². The Morgan fingerprint density at radius 2 is 2.19 bits per heavy atom. The van der Waals surface area contributed by atoms with Gasteiger partial charge in [-0.1, -0.05) is 17.7 Å². The summed E-state index contributed by atoms with van der Waals surface area (Å²) in [6, 6.07) is 4.11. The molecule has 1 aliphatic heterocycles. The van der Waals surface area contributed by atoms with Crippen molar-refractivity contribution in [1.82, 2.24) is 4.90 Å². The van der Waals surface area contributed by atoms with Crippen LogP contribution in [0.3, 0.4) is 0 Å². The van der Waals surface area contributed by atoms with Crippen LogP contribution in [0.2, 0.25) is 5.02 Å². The van der Waals surface area contributed by atoms with E-state index in [9.17, 15) is 9.18 Å². The Hall–Kier alpha value is -1.13. The molecule has 21 heavy (non-hydrogen) atoms. The molecule has 0 unspecified atom stereocenters. The first-order valence-corrected chi connectivity index (χ1v) is 7.55. The molecule has 0 aromatic heterocycles. The van der Waals surface area contributed by atoms with Crippen LogP contribution >= 0.6 is 11.6 Å². The topological polar surface area (TPSA) is 29.5 Å². The van der Waals surface area contributed by atoms with Crippen LogP contribution in [-0.2, 0) is 16.1 Å². The third-order valence-corrected chi connectivity index (χ3v) is 3.78. The van der Waals surface area contributed by atoms with Crippen LogP contribution in [0.4, 0.5) is 4.39 Å². The van der Waals surface area contributed by atoms with Crippen molar-refractivity contribution >= 4 is 17.6 Å². The highest BCUT2D eigenvalue weighted by atomic mass is 35.5. The van der Waals surface area contributed by atoms with E-state index in [0.29, 0.717) is 11.6 Å². The molecule has 5 heteroatoms. The fraction of sp³-hybridized carbons (Fsp3) is 0.562. The molecular weight excluding hydrogens is 293 g/mol. The zero-order valence-electron chi connectivity index (χ0n) is 12.7. The second-order valence-corrected chi connectivity index (χ2v) is 6.80. The smallest absolute Gasteiger partial charge is 0.323 e. The third-order valence-electron chi connectivity index (χ3n) is 3.43. The van der Waals surface area contributed by atoms with E-state index in [-0.39, 0.29) is 17.8 Å². The van der Waals surface area contributed by atoms with Crippen molar-refractivity contribution in [2.75, 3.05) is 6.54 Å². The first-order valence-electron chi connectivity index (χ1n) is 7.17. The maximum absolute atomic E-state index is 13.1. The van der Waals surface area contributed by atoms with Crippen LogP contribution in [-0.4, -0.2) is 29.1 Å². The maximum Gasteiger partial charge on any atom is 0.323 e. The van der Waals surface area contributed by atoms with E-state index in [0.717, 1.165) is 24.9 Å². The summed E-state index contributed by atoms with van der Waals surface area (Å²) < 4.78 is 18.5. The van der Waals surface area contributed by atoms with E-state index in [1.165, 1.54) is 12.1 Å². The first kappa shape index (κ1) is 16.2. The zero-order chi connectivity index (χ0) is 15.6. The minimum atomic E-state index is -0.487. The van der Waals surface area contributed by atoms with Crippen molar-refractivity contribution in [2.24, 2.45) is 0 Å². The highest BCUT2D eigenvalue weighted by Gasteiger charge is 2.34. The van der Waals surface area contributed by atoms with Crippen molar-refractivity contribution in [1.29, 1.82) is 0 Å². The quantitative estimate of drug-likeness (QED) is 0.795. The molecule has 1 heterocycles. The van der Waals surface area contributed by atoms with E-state index in [2.05, 4.69) is 0 Å². The van der Waals surface area contributed by atoms with Crippen LogP contribution in [0.25, 0.3) is 0 Å². The second kappa shape index (κ2) is 6.32. The van der Waals surface area contributed by atoms with Gasteiger partial charge in [0.1, 0.15) is 17.5 Å². The van der Waals surface area contributed by atoms with Crippen LogP contribution in [0.5, 0.6) is 0 Å². The lowest BCUT2D eigenvalue weighted by atomic mass is 10.1. The largest absolute Gasteiger partial charge is 0.459 e. The summed E-state index contributed by atoms with van der Waals surface area (Å²) in [4.78, 5) is 14.3. The molecule has 0 radical (unpaired) electrons. The molecule has 1 atom stereocenters. The Balaban J connectivity index is 2.06. The molecule has 1 aromatic carbocycles. The average Bonchev–Trinajstić information content (AvgIpc) is 2.79. The van der Waals surface area contributed by atoms with Gasteiger partial charge in [0.2, 0.25) is 0 Å². The summed E-state index contributed by atoms with van der Waals surface area (Å²) in [6.45, 7) is 6.93. The van der Waals surface area contributed by atoms with Crippen molar-refractivity contribution in [3.05, 3.63) is 34.6 Å². The number of hydrogen-bond donors (Lipinski definition) is 0. The number of carbonyl (C=O) groups excluding carboxylic acids is 1. The Labute approximate surface area is 130 Å². The minimum Gasteiger partial charge on any atom is -0.459 e. The molecule has 116 valence electrons. The number of esters is 1. The molecule has 0 spiro atoms. The fourth-order valence-corrected chi connectivity index (χ4v) is 2.75. The van der Waals surface area contributed by atoms with Gasteiger partial charge in [0.15, 0.2) is 0 Å². The van der Waals surface area contributed by atoms with Crippen molar-refractivity contribution in [3.63, 3.8) is 0 Å². The summed E-state index contributed by atoms with van der Waals surface area (Å²) in [6.07, 6.45) is 1.73. The molecule has 2 rings (SSSR count). The maximum atomic E-state index is 13.1. The molecule has 1 aromatic rings. The van der Waals surface area contributed by atoms with Gasteiger partial charge in [0.25, 0.3) is 0 Å². The van der Waals surface area contributed by atoms with Gasteiger partial charge in [-0.25, -0.2) is 4.39 Å². The Morgan fingerprint density at radius 1 is 1.48 bits per heavy atom. The van der Waals surface area contributed by atoms with Gasteiger partial charge >= 0.3 is 5.97 Å². The van der Waals surface area contributed by atoms with E-state index >= 15 is 0 Å². The third kappa shape index (κ3) is 4.42. The number of likely N-dealkylation sites (tertiary alicyclic amines) is 1. The Kier molecular flexibility index (Phi) is 4.89. The van der Waals surface area contributed by atoms with E-state index in [1.807, 2.05) is 25.7 Å². The number of halogens is 2. The van der Waals surface area contributed by atoms with Gasteiger partial charge in [-0.2, -0.15) is 0 Å². The lowest BCUT2D eigenvalue weighted by molar-refractivity contribution is -0.160. The number of ether oxygens (including phenoxy) is 1. The number of carbonyl (C=O) groups is 1. The molecule has 0 bridgehead atoms. The molecule has 3 nitrogen and oxygen atoms in total. The van der Waals surface area contributed by atoms with Crippen molar-refractivity contribution in [3.8, 4) is 0 Å². The molecule has 0 saturated carbocycles. The molecule has 1 aliphatic rings. The minimum absolute atomic E-state index is 0.196. The standard InChI is InChI=1S/C16H21ClFNO2/c1-16(2,3)21-15(20)14-5-4-8-19(14)10-11-6-7-12(18)9-13(11)17/h6-7,9,14H,4-5,8,10H2,1-3H3/t14-/m0/s1. The molecular formula is C16H21ClFNO2. The summed E-state index contributed by atoms with van der Waals surface area (Å²) in [7, 11) is 0. The predicted molar refractivity (Wildman–Crippen MR) is 80.7 cm³/mol. The average molecular weight is 314 g/mol. The lowest BCUT2D eigenvalue weighted by Gasteiger charge is -2.27. The number of hydrogen-bond acceptors (Lipinski definition) is 3. The SMILES string of the molecule is CC(C)(C)OC(=O)[C@@H]1CCCN1Cc1ccc(F)cc1Cl. The second-order valence-electron chi connectivity index (χ2n) is 6.40. The van der Waals surface area contributed by atoms with Gasteiger partial charge in [0, 0.05) is 11.6 Å². The first-order chi connectivity index (χ1) is 9.76. The van der Waals surface area contributed by atoms with Crippen molar-refractivity contribution < 1.29 is 13.9 Å². The van der Waals surface area contributed by atoms with E-state index < -0.39 is 5.60 Å².